The summed E-state index contributed by atoms with van der Waals surface area (Å²) in [5.41, 5.74) is 2.25. The lowest BCUT2D eigenvalue weighted by Gasteiger charge is -2.04. The third-order valence-corrected chi connectivity index (χ3v) is 3.21. The standard InChI is InChI=1S/C15H12N2O3/c1-9-4-2-3-5-11(9)14-16-13(15(19)20)12-7-6-10(18)8-17(12)14/h2-8,18H,1H3,(H,19,20). The molecule has 0 radical (unpaired) electrons. The Bertz CT molecular complexity index is 821. The van der Waals surface area contributed by atoms with Crippen molar-refractivity contribution in [1.82, 2.24) is 9.38 Å². The van der Waals surface area contributed by atoms with Crippen molar-refractivity contribution in [2.75, 3.05) is 0 Å². The average Bonchev–Trinajstić information content (AvgIpc) is 2.78. The van der Waals surface area contributed by atoms with Gasteiger partial charge in [-0.25, -0.2) is 9.78 Å². The summed E-state index contributed by atoms with van der Waals surface area (Å²) < 4.78 is 1.60. The summed E-state index contributed by atoms with van der Waals surface area (Å²) in [7, 11) is 0. The Morgan fingerprint density at radius 3 is 2.65 bits per heavy atom. The van der Waals surface area contributed by atoms with Gasteiger partial charge in [0, 0.05) is 5.56 Å². The molecule has 3 aromatic rings. The summed E-state index contributed by atoms with van der Waals surface area (Å²) in [5, 5.41) is 18.9. The molecule has 2 N–H and O–H groups in total. The Kier molecular flexibility index (Phi) is 2.68. The van der Waals surface area contributed by atoms with E-state index in [9.17, 15) is 15.0 Å². The molecule has 0 bridgehead atoms. The molecule has 0 aliphatic carbocycles. The van der Waals surface area contributed by atoms with Gasteiger partial charge in [0.05, 0.1) is 11.7 Å². The molecule has 0 saturated carbocycles. The van der Waals surface area contributed by atoms with Crippen molar-refractivity contribution >= 4 is 11.5 Å². The smallest absolute Gasteiger partial charge is 0.356 e. The molecular weight excluding hydrogens is 256 g/mol. The van der Waals surface area contributed by atoms with Crippen LogP contribution in [0, 0.1) is 6.92 Å². The second-order valence-electron chi connectivity index (χ2n) is 4.55. The van der Waals surface area contributed by atoms with Gasteiger partial charge in [-0.3, -0.25) is 4.40 Å². The zero-order valence-corrected chi connectivity index (χ0v) is 10.7. The minimum Gasteiger partial charge on any atom is -0.506 e. The van der Waals surface area contributed by atoms with Crippen molar-refractivity contribution in [1.29, 1.82) is 0 Å². The number of aromatic hydroxyl groups is 1. The number of fused-ring (bicyclic) bond motifs is 1. The molecule has 3 rings (SSSR count). The summed E-state index contributed by atoms with van der Waals surface area (Å²) in [5.74, 6) is -0.527. The first-order valence-electron chi connectivity index (χ1n) is 6.08. The SMILES string of the molecule is Cc1ccccc1-c1nc(C(=O)O)c2ccc(O)cn12. The van der Waals surface area contributed by atoms with Gasteiger partial charge < -0.3 is 10.2 Å². The number of rotatable bonds is 2. The number of aryl methyl sites for hydroxylation is 1. The van der Waals surface area contributed by atoms with Crippen LogP contribution < -0.4 is 0 Å². The molecule has 5 nitrogen and oxygen atoms in total. The van der Waals surface area contributed by atoms with Gasteiger partial charge in [0.15, 0.2) is 5.69 Å². The van der Waals surface area contributed by atoms with Crippen molar-refractivity contribution in [3.63, 3.8) is 0 Å². The van der Waals surface area contributed by atoms with E-state index in [1.54, 1.807) is 10.5 Å². The largest absolute Gasteiger partial charge is 0.506 e. The fourth-order valence-electron chi connectivity index (χ4n) is 2.25. The molecule has 2 heterocycles. The zero-order valence-electron chi connectivity index (χ0n) is 10.7. The van der Waals surface area contributed by atoms with E-state index < -0.39 is 5.97 Å². The molecule has 0 unspecified atom stereocenters. The van der Waals surface area contributed by atoms with E-state index in [4.69, 9.17) is 0 Å². The number of aromatic nitrogens is 2. The number of benzene rings is 1. The van der Waals surface area contributed by atoms with E-state index in [0.29, 0.717) is 11.3 Å². The molecular formula is C15H12N2O3. The first kappa shape index (κ1) is 12.2. The van der Waals surface area contributed by atoms with E-state index in [1.807, 2.05) is 31.2 Å². The van der Waals surface area contributed by atoms with Crippen LogP contribution in [0.15, 0.2) is 42.6 Å². The van der Waals surface area contributed by atoms with Gasteiger partial charge >= 0.3 is 5.97 Å². The van der Waals surface area contributed by atoms with Crippen LogP contribution in [0.2, 0.25) is 0 Å². The molecule has 0 fully saturated rings. The number of carbonyl (C=O) groups is 1. The van der Waals surface area contributed by atoms with Crippen molar-refractivity contribution < 1.29 is 15.0 Å². The predicted molar refractivity (Wildman–Crippen MR) is 74.0 cm³/mol. The number of imidazole rings is 1. The van der Waals surface area contributed by atoms with Crippen LogP contribution in [0.4, 0.5) is 0 Å². The van der Waals surface area contributed by atoms with Gasteiger partial charge in [-0.15, -0.1) is 0 Å². The van der Waals surface area contributed by atoms with Crippen LogP contribution in [-0.2, 0) is 0 Å². The quantitative estimate of drug-likeness (QED) is 0.749. The Hall–Kier alpha value is -2.82. The van der Waals surface area contributed by atoms with Crippen molar-refractivity contribution in [3.8, 4) is 17.1 Å². The number of nitrogens with zero attached hydrogens (tertiary/aromatic N) is 2. The Morgan fingerprint density at radius 1 is 1.20 bits per heavy atom. The fraction of sp³-hybridized carbons (Fsp3) is 0.0667. The van der Waals surface area contributed by atoms with Gasteiger partial charge in [0.2, 0.25) is 0 Å². The number of hydrogen-bond acceptors (Lipinski definition) is 3. The van der Waals surface area contributed by atoms with Crippen molar-refractivity contribution in [3.05, 3.63) is 53.9 Å². The fourth-order valence-corrected chi connectivity index (χ4v) is 2.25. The first-order valence-corrected chi connectivity index (χ1v) is 6.08. The lowest BCUT2D eigenvalue weighted by Crippen LogP contribution is -1.97. The first-order chi connectivity index (χ1) is 9.58. The van der Waals surface area contributed by atoms with Crippen LogP contribution in [0.5, 0.6) is 5.75 Å². The molecule has 1 aromatic carbocycles. The number of pyridine rings is 1. The van der Waals surface area contributed by atoms with Gasteiger partial charge in [0.25, 0.3) is 0 Å². The topological polar surface area (TPSA) is 74.8 Å². The molecule has 0 saturated heterocycles. The molecule has 0 aliphatic rings. The maximum atomic E-state index is 11.3. The second-order valence-corrected chi connectivity index (χ2v) is 4.55. The highest BCUT2D eigenvalue weighted by Gasteiger charge is 2.18. The maximum Gasteiger partial charge on any atom is 0.356 e. The molecule has 5 heteroatoms. The second kappa shape index (κ2) is 4.38. The number of carboxylic acids is 1. The van der Waals surface area contributed by atoms with E-state index in [1.165, 1.54) is 12.3 Å². The van der Waals surface area contributed by atoms with Crippen LogP contribution in [0.3, 0.4) is 0 Å². The summed E-state index contributed by atoms with van der Waals surface area (Å²) in [6, 6.07) is 10.6. The third-order valence-electron chi connectivity index (χ3n) is 3.21. The van der Waals surface area contributed by atoms with E-state index in [-0.39, 0.29) is 11.4 Å². The number of carboxylic acid groups (broad SMARTS) is 1. The Morgan fingerprint density at radius 2 is 1.95 bits per heavy atom. The molecule has 2 aromatic heterocycles. The molecule has 0 spiro atoms. The van der Waals surface area contributed by atoms with Crippen LogP contribution in [-0.4, -0.2) is 25.6 Å². The predicted octanol–water partition coefficient (Wildman–Crippen LogP) is 2.71. The van der Waals surface area contributed by atoms with Crippen molar-refractivity contribution in [2.24, 2.45) is 0 Å². The monoisotopic (exact) mass is 268 g/mol. The highest BCUT2D eigenvalue weighted by molar-refractivity contribution is 5.95. The normalized spacial score (nSPS) is 10.8. The highest BCUT2D eigenvalue weighted by atomic mass is 16.4. The summed E-state index contributed by atoms with van der Waals surface area (Å²) in [4.78, 5) is 15.5. The van der Waals surface area contributed by atoms with E-state index in [2.05, 4.69) is 4.98 Å². The van der Waals surface area contributed by atoms with Gasteiger partial charge in [0.1, 0.15) is 11.6 Å². The molecule has 0 amide bonds. The highest BCUT2D eigenvalue weighted by Crippen LogP contribution is 2.27. The Labute approximate surface area is 114 Å². The van der Waals surface area contributed by atoms with Crippen LogP contribution >= 0.6 is 0 Å². The number of hydrogen-bond donors (Lipinski definition) is 2. The third kappa shape index (κ3) is 1.80. The molecule has 0 atom stereocenters. The van der Waals surface area contributed by atoms with Crippen LogP contribution in [0.25, 0.3) is 16.9 Å². The van der Waals surface area contributed by atoms with Crippen LogP contribution in [0.1, 0.15) is 16.1 Å². The summed E-state index contributed by atoms with van der Waals surface area (Å²) >= 11 is 0. The molecule has 0 aliphatic heterocycles. The summed E-state index contributed by atoms with van der Waals surface area (Å²) in [6.07, 6.45) is 1.47. The van der Waals surface area contributed by atoms with Gasteiger partial charge in [-0.05, 0) is 24.6 Å². The molecule has 100 valence electrons. The van der Waals surface area contributed by atoms with Gasteiger partial charge in [-0.1, -0.05) is 24.3 Å². The van der Waals surface area contributed by atoms with E-state index in [0.717, 1.165) is 11.1 Å². The lowest BCUT2D eigenvalue weighted by atomic mass is 10.1. The average molecular weight is 268 g/mol. The van der Waals surface area contributed by atoms with Gasteiger partial charge in [-0.2, -0.15) is 0 Å². The Balaban J connectivity index is 2.39. The minimum absolute atomic E-state index is 0.0248. The maximum absolute atomic E-state index is 11.3. The van der Waals surface area contributed by atoms with Crippen molar-refractivity contribution in [2.45, 2.75) is 6.92 Å². The molecule has 20 heavy (non-hydrogen) atoms. The number of aromatic carboxylic acids is 1. The van der Waals surface area contributed by atoms with E-state index >= 15 is 0 Å². The lowest BCUT2D eigenvalue weighted by molar-refractivity contribution is 0.0693. The minimum atomic E-state index is -1.09. The summed E-state index contributed by atoms with van der Waals surface area (Å²) in [6.45, 7) is 1.93. The zero-order chi connectivity index (χ0) is 14.3.